The van der Waals surface area contributed by atoms with E-state index in [1.165, 1.54) is 0 Å². The van der Waals surface area contributed by atoms with E-state index in [1.54, 1.807) is 6.20 Å². The molecule has 3 rings (SSSR count). The zero-order valence-corrected chi connectivity index (χ0v) is 18.0. The Balaban J connectivity index is 0.000000519. The number of aliphatic carboxylic acids is 2. The molecule has 1 aliphatic heterocycles. The van der Waals surface area contributed by atoms with E-state index in [-0.39, 0.29) is 12.6 Å². The number of piperidine rings is 1. The summed E-state index contributed by atoms with van der Waals surface area (Å²) in [5.41, 5.74) is 1.65. The SMILES string of the molecule is CC(=O)O.CC(=O)O.CCOc1ccc(-c2nccn2[C@H]2CCNC[C@@H]2O)cc1CO. The van der Waals surface area contributed by atoms with Gasteiger partial charge in [0.05, 0.1) is 25.4 Å². The molecule has 0 bridgehead atoms. The third-order valence-electron chi connectivity index (χ3n) is 4.23. The highest BCUT2D eigenvalue weighted by Gasteiger charge is 2.26. The second-order valence-corrected chi connectivity index (χ2v) is 6.74. The number of hydrogen-bond donors (Lipinski definition) is 5. The van der Waals surface area contributed by atoms with Gasteiger partial charge in [0, 0.05) is 43.9 Å². The average molecular weight is 437 g/mol. The van der Waals surface area contributed by atoms with Gasteiger partial charge < -0.3 is 35.0 Å². The number of imidazole rings is 1. The van der Waals surface area contributed by atoms with E-state index in [0.29, 0.717) is 18.9 Å². The number of nitrogens with zero attached hydrogens (tertiary/aromatic N) is 2. The molecule has 0 saturated carbocycles. The molecule has 1 aromatic heterocycles. The summed E-state index contributed by atoms with van der Waals surface area (Å²) in [5, 5.41) is 37.9. The number of rotatable bonds is 5. The maximum absolute atomic E-state index is 10.3. The molecule has 0 unspecified atom stereocenters. The molecule has 31 heavy (non-hydrogen) atoms. The van der Waals surface area contributed by atoms with Crippen molar-refractivity contribution in [1.29, 1.82) is 0 Å². The monoisotopic (exact) mass is 437 g/mol. The highest BCUT2D eigenvalue weighted by Crippen LogP contribution is 2.30. The van der Waals surface area contributed by atoms with Crippen LogP contribution < -0.4 is 10.1 Å². The number of aromatic nitrogens is 2. The minimum atomic E-state index is -0.833. The lowest BCUT2D eigenvalue weighted by atomic mass is 10.0. The number of carbonyl (C=O) groups is 2. The molecule has 0 radical (unpaired) electrons. The van der Waals surface area contributed by atoms with E-state index in [0.717, 1.165) is 43.8 Å². The van der Waals surface area contributed by atoms with Gasteiger partial charge in [0.2, 0.25) is 0 Å². The van der Waals surface area contributed by atoms with Gasteiger partial charge in [0.15, 0.2) is 0 Å². The molecule has 10 heteroatoms. The quantitative estimate of drug-likeness (QED) is 0.468. The Morgan fingerprint density at radius 3 is 2.45 bits per heavy atom. The first kappa shape index (κ1) is 26.1. The summed E-state index contributed by atoms with van der Waals surface area (Å²) in [7, 11) is 0. The van der Waals surface area contributed by atoms with E-state index >= 15 is 0 Å². The van der Waals surface area contributed by atoms with Gasteiger partial charge in [-0.15, -0.1) is 0 Å². The summed E-state index contributed by atoms with van der Waals surface area (Å²) in [5.74, 6) is -0.174. The molecule has 5 N–H and O–H groups in total. The van der Waals surface area contributed by atoms with Crippen molar-refractivity contribution in [1.82, 2.24) is 14.9 Å². The molecule has 1 fully saturated rings. The van der Waals surface area contributed by atoms with Gasteiger partial charge in [-0.3, -0.25) is 9.59 Å². The molecule has 0 aliphatic carbocycles. The summed E-state index contributed by atoms with van der Waals surface area (Å²) >= 11 is 0. The Labute approximate surface area is 181 Å². The van der Waals surface area contributed by atoms with Gasteiger partial charge in [0.1, 0.15) is 11.6 Å². The fourth-order valence-corrected chi connectivity index (χ4v) is 3.10. The topological polar surface area (TPSA) is 154 Å². The van der Waals surface area contributed by atoms with Crippen LogP contribution in [0.2, 0.25) is 0 Å². The zero-order valence-electron chi connectivity index (χ0n) is 18.0. The van der Waals surface area contributed by atoms with E-state index in [4.69, 9.17) is 24.5 Å². The molecule has 172 valence electrons. The Kier molecular flexibility index (Phi) is 11.3. The minimum Gasteiger partial charge on any atom is -0.494 e. The lowest BCUT2D eigenvalue weighted by Crippen LogP contribution is -2.41. The summed E-state index contributed by atoms with van der Waals surface area (Å²) < 4.78 is 7.56. The molecule has 0 amide bonds. The molecule has 2 atom stereocenters. The highest BCUT2D eigenvalue weighted by molar-refractivity contribution is 5.63. The van der Waals surface area contributed by atoms with Crippen LogP contribution in [-0.2, 0) is 16.2 Å². The van der Waals surface area contributed by atoms with Crippen molar-refractivity contribution in [2.24, 2.45) is 0 Å². The van der Waals surface area contributed by atoms with Gasteiger partial charge in [-0.1, -0.05) is 0 Å². The first-order chi connectivity index (χ1) is 14.7. The van der Waals surface area contributed by atoms with Crippen LogP contribution in [0.15, 0.2) is 30.6 Å². The predicted octanol–water partition coefficient (Wildman–Crippen LogP) is 1.52. The summed E-state index contributed by atoms with van der Waals surface area (Å²) in [6.45, 7) is 6.03. The van der Waals surface area contributed by atoms with Crippen molar-refractivity contribution in [3.8, 4) is 17.1 Å². The normalized spacial score (nSPS) is 17.5. The third-order valence-corrected chi connectivity index (χ3v) is 4.23. The number of ether oxygens (including phenoxy) is 1. The highest BCUT2D eigenvalue weighted by atomic mass is 16.5. The van der Waals surface area contributed by atoms with Crippen molar-refractivity contribution < 1.29 is 34.8 Å². The maximum atomic E-state index is 10.3. The molecular weight excluding hydrogens is 406 g/mol. The molecule has 0 spiro atoms. The minimum absolute atomic E-state index is 0.0119. The van der Waals surface area contributed by atoms with Crippen molar-refractivity contribution in [3.05, 3.63) is 36.2 Å². The van der Waals surface area contributed by atoms with Gasteiger partial charge >= 0.3 is 0 Å². The van der Waals surface area contributed by atoms with Crippen LogP contribution >= 0.6 is 0 Å². The lowest BCUT2D eigenvalue weighted by molar-refractivity contribution is -0.135. The molecule has 10 nitrogen and oxygen atoms in total. The van der Waals surface area contributed by atoms with Crippen molar-refractivity contribution in [3.63, 3.8) is 0 Å². The number of carboxylic acids is 2. The van der Waals surface area contributed by atoms with Crippen LogP contribution in [0.1, 0.15) is 38.8 Å². The van der Waals surface area contributed by atoms with E-state index in [9.17, 15) is 10.2 Å². The number of aliphatic hydroxyl groups excluding tert-OH is 2. The van der Waals surface area contributed by atoms with Crippen LogP contribution in [0.25, 0.3) is 11.4 Å². The summed E-state index contributed by atoms with van der Waals surface area (Å²) in [4.78, 5) is 22.5. The largest absolute Gasteiger partial charge is 0.494 e. The maximum Gasteiger partial charge on any atom is 0.300 e. The van der Waals surface area contributed by atoms with Gasteiger partial charge in [-0.2, -0.15) is 0 Å². The van der Waals surface area contributed by atoms with Gasteiger partial charge in [-0.25, -0.2) is 4.98 Å². The fourth-order valence-electron chi connectivity index (χ4n) is 3.10. The molecule has 1 saturated heterocycles. The Morgan fingerprint density at radius 1 is 1.26 bits per heavy atom. The van der Waals surface area contributed by atoms with Crippen LogP contribution in [0.3, 0.4) is 0 Å². The Morgan fingerprint density at radius 2 is 1.90 bits per heavy atom. The first-order valence-electron chi connectivity index (χ1n) is 9.88. The summed E-state index contributed by atoms with van der Waals surface area (Å²) in [6, 6.07) is 5.72. The average Bonchev–Trinajstić information content (AvgIpc) is 3.17. The molecule has 2 aromatic rings. The van der Waals surface area contributed by atoms with Gasteiger partial charge in [0.25, 0.3) is 11.9 Å². The number of carboxylic acid groups (broad SMARTS) is 2. The zero-order chi connectivity index (χ0) is 23.4. The lowest BCUT2D eigenvalue weighted by Gasteiger charge is -2.30. The van der Waals surface area contributed by atoms with Crippen LogP contribution in [0, 0.1) is 0 Å². The molecule has 2 heterocycles. The standard InChI is InChI=1S/C17H23N3O3.2C2H4O2/c1-2-23-16-4-3-12(9-13(16)11-21)17-19-7-8-20(17)14-5-6-18-10-15(14)22;2*1-2(3)4/h3-4,7-9,14-15,18,21-22H,2,5-6,10-11H2,1H3;2*1H3,(H,3,4)/t14-,15-;;/m0../s1. The fraction of sp³-hybridized carbons (Fsp3) is 0.476. The van der Waals surface area contributed by atoms with Crippen molar-refractivity contribution in [2.75, 3.05) is 19.7 Å². The Hall–Kier alpha value is -2.95. The van der Waals surface area contributed by atoms with Crippen molar-refractivity contribution in [2.45, 2.75) is 45.9 Å². The van der Waals surface area contributed by atoms with E-state index in [1.807, 2.05) is 35.9 Å². The van der Waals surface area contributed by atoms with E-state index < -0.39 is 18.0 Å². The predicted molar refractivity (Wildman–Crippen MR) is 114 cm³/mol. The smallest absolute Gasteiger partial charge is 0.300 e. The second kappa shape index (κ2) is 13.4. The number of aliphatic hydroxyl groups is 2. The van der Waals surface area contributed by atoms with Crippen LogP contribution in [0.5, 0.6) is 5.75 Å². The molecular formula is C21H31N3O7. The molecule has 1 aliphatic rings. The molecule has 1 aromatic carbocycles. The first-order valence-corrected chi connectivity index (χ1v) is 9.88. The summed E-state index contributed by atoms with van der Waals surface area (Å²) in [6.07, 6.45) is 4.08. The Bertz CT molecular complexity index is 818. The second-order valence-electron chi connectivity index (χ2n) is 6.74. The number of hydrogen-bond acceptors (Lipinski definition) is 7. The van der Waals surface area contributed by atoms with E-state index in [2.05, 4.69) is 10.3 Å². The van der Waals surface area contributed by atoms with Gasteiger partial charge in [-0.05, 0) is 38.1 Å². The number of β-amino-alcohol motifs (C(OH)–C–C–N with tert-alkyl or cyclic N) is 1. The van der Waals surface area contributed by atoms with Crippen molar-refractivity contribution >= 4 is 11.9 Å². The number of nitrogens with one attached hydrogen (secondary N) is 1. The van der Waals surface area contributed by atoms with Crippen LogP contribution in [-0.4, -0.2) is 67.7 Å². The van der Waals surface area contributed by atoms with Crippen LogP contribution in [0.4, 0.5) is 0 Å². The number of benzene rings is 1. The third kappa shape index (κ3) is 8.75.